The number of benzene rings is 3. The fraction of sp³-hybridized carbons (Fsp3) is 0.395. The standard InChI is InChI=1S/C38H47N5O5S/c1-25(2)20-32(39-23-28-12-14-29(15-13-28)30-16-18-43(5)19-17-30)24-48-35-22-34(36-26(3)8-6-9-27(36)4)40-38(41-35)42-49(46,47)33-11-7-10-31(21-33)37(44)45/h6-15,21-22,25,30,32,39H,16-20,23-24H2,1-5H3,(H,44,45)(H,40,41,42)/t32-/m1/s1. The van der Waals surface area contributed by atoms with Crippen molar-refractivity contribution in [1.29, 1.82) is 0 Å². The van der Waals surface area contributed by atoms with Crippen LogP contribution in [0.25, 0.3) is 11.3 Å². The van der Waals surface area contributed by atoms with Crippen LogP contribution in [0.15, 0.2) is 77.7 Å². The molecule has 1 aliphatic rings. The Kier molecular flexibility index (Phi) is 11.7. The third kappa shape index (κ3) is 9.65. The summed E-state index contributed by atoms with van der Waals surface area (Å²) < 4.78 is 35.5. The number of piperidine rings is 1. The molecule has 10 nitrogen and oxygen atoms in total. The average Bonchev–Trinajstić information content (AvgIpc) is 3.06. The summed E-state index contributed by atoms with van der Waals surface area (Å²) in [5.74, 6) is -0.148. The van der Waals surface area contributed by atoms with Crippen molar-refractivity contribution in [1.82, 2.24) is 20.2 Å². The van der Waals surface area contributed by atoms with E-state index in [-0.39, 0.29) is 28.3 Å². The zero-order chi connectivity index (χ0) is 35.1. The lowest BCUT2D eigenvalue weighted by atomic mass is 9.89. The molecule has 0 bridgehead atoms. The number of aromatic carboxylic acids is 1. The maximum absolute atomic E-state index is 13.4. The van der Waals surface area contributed by atoms with E-state index in [2.05, 4.69) is 70.1 Å². The molecule has 1 aliphatic heterocycles. The van der Waals surface area contributed by atoms with Crippen molar-refractivity contribution >= 4 is 21.9 Å². The number of nitrogens with one attached hydrogen (secondary N) is 2. The monoisotopic (exact) mass is 685 g/mol. The second-order valence-corrected chi connectivity index (χ2v) is 15.1. The lowest BCUT2D eigenvalue weighted by Gasteiger charge is -2.29. The second kappa shape index (κ2) is 15.9. The third-order valence-corrected chi connectivity index (χ3v) is 10.3. The van der Waals surface area contributed by atoms with Gasteiger partial charge in [-0.2, -0.15) is 4.98 Å². The van der Waals surface area contributed by atoms with E-state index in [0.717, 1.165) is 42.3 Å². The van der Waals surface area contributed by atoms with Crippen LogP contribution in [0.3, 0.4) is 0 Å². The van der Waals surface area contributed by atoms with E-state index in [9.17, 15) is 18.3 Å². The molecule has 0 amide bonds. The fourth-order valence-electron chi connectivity index (χ4n) is 6.34. The number of ether oxygens (including phenoxy) is 1. The Morgan fingerprint density at radius 2 is 1.65 bits per heavy atom. The van der Waals surface area contributed by atoms with Gasteiger partial charge in [-0.1, -0.05) is 62.4 Å². The quantitative estimate of drug-likeness (QED) is 0.133. The largest absolute Gasteiger partial charge is 0.478 e. The molecule has 1 saturated heterocycles. The number of carboxylic acids is 1. The number of hydrogen-bond donors (Lipinski definition) is 3. The first kappa shape index (κ1) is 36.0. The van der Waals surface area contributed by atoms with E-state index in [0.29, 0.717) is 30.7 Å². The summed E-state index contributed by atoms with van der Waals surface area (Å²) in [5, 5.41) is 13.0. The molecule has 49 heavy (non-hydrogen) atoms. The van der Waals surface area contributed by atoms with E-state index < -0.39 is 16.0 Å². The zero-order valence-corrected chi connectivity index (χ0v) is 29.8. The predicted octanol–water partition coefficient (Wildman–Crippen LogP) is 6.65. The summed E-state index contributed by atoms with van der Waals surface area (Å²) in [7, 11) is -2.03. The van der Waals surface area contributed by atoms with Gasteiger partial charge in [0.25, 0.3) is 10.0 Å². The molecule has 260 valence electrons. The van der Waals surface area contributed by atoms with Crippen molar-refractivity contribution in [2.24, 2.45) is 5.92 Å². The number of nitrogens with zero attached hydrogens (tertiary/aromatic N) is 3. The van der Waals surface area contributed by atoms with Gasteiger partial charge in [-0.15, -0.1) is 0 Å². The first-order valence-electron chi connectivity index (χ1n) is 16.8. The molecule has 4 aromatic rings. The lowest BCUT2D eigenvalue weighted by molar-refractivity contribution is 0.0696. The SMILES string of the molecule is Cc1cccc(C)c1-c1cc(OC[C@@H](CC(C)C)NCc2ccc(C3CCN(C)CC3)cc2)nc(NS(=O)(=O)c2cccc(C(=O)O)c2)n1. The number of aromatic nitrogens is 2. The summed E-state index contributed by atoms with van der Waals surface area (Å²) in [6.07, 6.45) is 3.25. The number of sulfonamides is 1. The topological polar surface area (TPSA) is 134 Å². The molecule has 0 radical (unpaired) electrons. The van der Waals surface area contributed by atoms with Gasteiger partial charge in [0.1, 0.15) is 6.61 Å². The van der Waals surface area contributed by atoms with Crippen LogP contribution < -0.4 is 14.8 Å². The second-order valence-electron chi connectivity index (χ2n) is 13.5. The minimum absolute atomic E-state index is 0.00562. The molecule has 2 heterocycles. The van der Waals surface area contributed by atoms with Gasteiger partial charge in [-0.3, -0.25) is 0 Å². The number of carbonyl (C=O) groups is 1. The minimum atomic E-state index is -4.21. The molecule has 0 unspecified atom stereocenters. The highest BCUT2D eigenvalue weighted by molar-refractivity contribution is 7.92. The minimum Gasteiger partial charge on any atom is -0.478 e. The smallest absolute Gasteiger partial charge is 0.335 e. The normalized spacial score (nSPS) is 14.9. The summed E-state index contributed by atoms with van der Waals surface area (Å²) in [4.78, 5) is 22.7. The highest BCUT2D eigenvalue weighted by Gasteiger charge is 2.22. The molecule has 0 spiro atoms. The van der Waals surface area contributed by atoms with Crippen molar-refractivity contribution in [3.63, 3.8) is 0 Å². The van der Waals surface area contributed by atoms with Crippen LogP contribution in [-0.4, -0.2) is 67.1 Å². The summed E-state index contributed by atoms with van der Waals surface area (Å²) in [6, 6.07) is 21.7. The molecular formula is C38H47N5O5S. The molecule has 3 N–H and O–H groups in total. The van der Waals surface area contributed by atoms with E-state index in [4.69, 9.17) is 4.74 Å². The Bertz CT molecular complexity index is 1830. The average molecular weight is 686 g/mol. The molecule has 0 saturated carbocycles. The number of aryl methyl sites for hydroxylation is 2. The highest BCUT2D eigenvalue weighted by atomic mass is 32.2. The molecule has 3 aromatic carbocycles. The number of carboxylic acid groups (broad SMARTS) is 1. The lowest BCUT2D eigenvalue weighted by Crippen LogP contribution is -2.35. The van der Waals surface area contributed by atoms with Gasteiger partial charge in [0.05, 0.1) is 16.2 Å². The number of hydrogen-bond acceptors (Lipinski definition) is 8. The number of rotatable bonds is 14. The van der Waals surface area contributed by atoms with E-state index in [1.54, 1.807) is 6.07 Å². The van der Waals surface area contributed by atoms with E-state index in [1.165, 1.54) is 42.2 Å². The van der Waals surface area contributed by atoms with Crippen LogP contribution in [0.1, 0.15) is 71.6 Å². The number of anilines is 1. The van der Waals surface area contributed by atoms with Crippen LogP contribution >= 0.6 is 0 Å². The molecule has 5 rings (SSSR count). The Morgan fingerprint density at radius 3 is 2.31 bits per heavy atom. The van der Waals surface area contributed by atoms with Crippen molar-refractivity contribution in [2.75, 3.05) is 31.5 Å². The van der Waals surface area contributed by atoms with Crippen molar-refractivity contribution in [2.45, 2.75) is 70.4 Å². The summed E-state index contributed by atoms with van der Waals surface area (Å²) in [5.41, 5.74) is 5.76. The molecule has 1 atom stereocenters. The summed E-state index contributed by atoms with van der Waals surface area (Å²) in [6.45, 7) is 11.5. The zero-order valence-electron chi connectivity index (χ0n) is 28.9. The van der Waals surface area contributed by atoms with Gasteiger partial charge < -0.3 is 20.1 Å². The maximum Gasteiger partial charge on any atom is 0.335 e. The van der Waals surface area contributed by atoms with Gasteiger partial charge >= 0.3 is 5.97 Å². The maximum atomic E-state index is 13.4. The van der Waals surface area contributed by atoms with Crippen LogP contribution in [0.5, 0.6) is 5.88 Å². The van der Waals surface area contributed by atoms with Crippen LogP contribution in [0.2, 0.25) is 0 Å². The van der Waals surface area contributed by atoms with Gasteiger partial charge in [-0.05, 0) is 106 Å². The van der Waals surface area contributed by atoms with Crippen molar-refractivity contribution < 1.29 is 23.1 Å². The van der Waals surface area contributed by atoms with Gasteiger partial charge in [-0.25, -0.2) is 22.9 Å². The van der Waals surface area contributed by atoms with E-state index >= 15 is 0 Å². The van der Waals surface area contributed by atoms with Crippen molar-refractivity contribution in [3.8, 4) is 17.1 Å². The molecule has 1 fully saturated rings. The first-order chi connectivity index (χ1) is 23.4. The Morgan fingerprint density at radius 1 is 0.980 bits per heavy atom. The van der Waals surface area contributed by atoms with Gasteiger partial charge in [0, 0.05) is 24.2 Å². The molecule has 0 aliphatic carbocycles. The number of likely N-dealkylation sites (tertiary alicyclic amines) is 1. The van der Waals surface area contributed by atoms with Gasteiger partial charge in [0.15, 0.2) is 0 Å². The molecule has 1 aromatic heterocycles. The Hall–Kier alpha value is -4.32. The van der Waals surface area contributed by atoms with Crippen molar-refractivity contribution in [3.05, 3.63) is 101 Å². The van der Waals surface area contributed by atoms with Crippen LogP contribution in [-0.2, 0) is 16.6 Å². The molecule has 11 heteroatoms. The van der Waals surface area contributed by atoms with E-state index in [1.807, 2.05) is 32.0 Å². The third-order valence-electron chi connectivity index (χ3n) is 9.01. The first-order valence-corrected chi connectivity index (χ1v) is 18.3. The predicted molar refractivity (Wildman–Crippen MR) is 193 cm³/mol. The Balaban J connectivity index is 1.35. The summed E-state index contributed by atoms with van der Waals surface area (Å²) >= 11 is 0. The fourth-order valence-corrected chi connectivity index (χ4v) is 7.33. The highest BCUT2D eigenvalue weighted by Crippen LogP contribution is 2.30. The van der Waals surface area contributed by atoms with Crippen LogP contribution in [0, 0.1) is 19.8 Å². The van der Waals surface area contributed by atoms with Crippen LogP contribution in [0.4, 0.5) is 5.95 Å². The van der Waals surface area contributed by atoms with Gasteiger partial charge in [0.2, 0.25) is 11.8 Å². The molecular weight excluding hydrogens is 639 g/mol. The Labute approximate surface area is 290 Å².